The number of phenolic OH excluding ortho intramolecular Hbond substituents is 1. The molecule has 6 heteroatoms. The molecule has 0 amide bonds. The third-order valence-electron chi connectivity index (χ3n) is 4.10. The SMILES string of the molecule is O=C(O)C1(c2c(O)c(Cl)cc3c2OCCO3)CCCC1. The van der Waals surface area contributed by atoms with E-state index < -0.39 is 11.4 Å². The first-order valence-electron chi connectivity index (χ1n) is 6.61. The summed E-state index contributed by atoms with van der Waals surface area (Å²) < 4.78 is 11.0. The molecule has 0 saturated heterocycles. The number of hydrogen-bond donors (Lipinski definition) is 2. The summed E-state index contributed by atoms with van der Waals surface area (Å²) in [5.41, 5.74) is -0.871. The Kier molecular flexibility index (Phi) is 3.17. The first-order valence-corrected chi connectivity index (χ1v) is 6.99. The maximum Gasteiger partial charge on any atom is 0.314 e. The van der Waals surface area contributed by atoms with Gasteiger partial charge in [-0.05, 0) is 12.8 Å². The van der Waals surface area contributed by atoms with E-state index in [1.807, 2.05) is 0 Å². The normalized spacial score (nSPS) is 19.9. The van der Waals surface area contributed by atoms with Crippen molar-refractivity contribution in [3.63, 3.8) is 0 Å². The fourth-order valence-electron chi connectivity index (χ4n) is 3.14. The van der Waals surface area contributed by atoms with Crippen molar-refractivity contribution >= 4 is 17.6 Å². The maximum absolute atomic E-state index is 11.8. The van der Waals surface area contributed by atoms with Crippen LogP contribution >= 0.6 is 11.6 Å². The molecule has 1 aromatic carbocycles. The van der Waals surface area contributed by atoms with Gasteiger partial charge in [-0.2, -0.15) is 0 Å². The Balaban J connectivity index is 2.26. The third kappa shape index (κ3) is 1.80. The van der Waals surface area contributed by atoms with Crippen LogP contribution in [0.25, 0.3) is 0 Å². The van der Waals surface area contributed by atoms with Gasteiger partial charge >= 0.3 is 5.97 Å². The van der Waals surface area contributed by atoms with Crippen LogP contribution in [0.15, 0.2) is 6.07 Å². The van der Waals surface area contributed by atoms with Crippen molar-refractivity contribution in [2.75, 3.05) is 13.2 Å². The molecular weight excluding hydrogens is 284 g/mol. The Labute approximate surface area is 121 Å². The molecule has 3 rings (SSSR count). The molecule has 108 valence electrons. The average molecular weight is 299 g/mol. The second-order valence-electron chi connectivity index (χ2n) is 5.20. The molecule has 20 heavy (non-hydrogen) atoms. The lowest BCUT2D eigenvalue weighted by molar-refractivity contribution is -0.143. The molecule has 0 aromatic heterocycles. The number of benzene rings is 1. The minimum atomic E-state index is -1.14. The van der Waals surface area contributed by atoms with E-state index in [0.717, 1.165) is 12.8 Å². The van der Waals surface area contributed by atoms with Crippen molar-refractivity contribution in [3.8, 4) is 17.2 Å². The number of carboxylic acid groups (broad SMARTS) is 1. The van der Waals surface area contributed by atoms with Crippen molar-refractivity contribution in [2.45, 2.75) is 31.1 Å². The number of fused-ring (bicyclic) bond motifs is 1. The van der Waals surface area contributed by atoms with E-state index in [1.54, 1.807) is 0 Å². The second-order valence-corrected chi connectivity index (χ2v) is 5.61. The molecule has 2 aliphatic rings. The van der Waals surface area contributed by atoms with Crippen molar-refractivity contribution in [1.82, 2.24) is 0 Å². The highest BCUT2D eigenvalue weighted by Gasteiger charge is 2.48. The summed E-state index contributed by atoms with van der Waals surface area (Å²) in [6.45, 7) is 0.713. The lowest BCUT2D eigenvalue weighted by Crippen LogP contribution is -2.34. The van der Waals surface area contributed by atoms with E-state index in [-0.39, 0.29) is 16.3 Å². The molecule has 1 fully saturated rings. The second kappa shape index (κ2) is 4.74. The Bertz CT molecular complexity index is 563. The number of carboxylic acids is 1. The summed E-state index contributed by atoms with van der Waals surface area (Å²) in [5.74, 6) is -0.437. The van der Waals surface area contributed by atoms with E-state index in [0.29, 0.717) is 37.6 Å². The van der Waals surface area contributed by atoms with E-state index in [4.69, 9.17) is 21.1 Å². The summed E-state index contributed by atoms with van der Waals surface area (Å²) in [6.07, 6.45) is 2.53. The van der Waals surface area contributed by atoms with Crippen molar-refractivity contribution in [1.29, 1.82) is 0 Å². The van der Waals surface area contributed by atoms with E-state index in [9.17, 15) is 15.0 Å². The van der Waals surface area contributed by atoms with Crippen molar-refractivity contribution < 1.29 is 24.5 Å². The van der Waals surface area contributed by atoms with Gasteiger partial charge < -0.3 is 19.7 Å². The van der Waals surface area contributed by atoms with Crippen LogP contribution in [-0.2, 0) is 10.2 Å². The predicted molar refractivity (Wildman–Crippen MR) is 71.9 cm³/mol. The molecule has 1 aromatic rings. The van der Waals surface area contributed by atoms with Crippen LogP contribution in [-0.4, -0.2) is 29.4 Å². The molecule has 1 saturated carbocycles. The van der Waals surface area contributed by atoms with Gasteiger partial charge in [-0.3, -0.25) is 4.79 Å². The van der Waals surface area contributed by atoms with E-state index >= 15 is 0 Å². The molecule has 0 atom stereocenters. The zero-order valence-electron chi connectivity index (χ0n) is 10.8. The van der Waals surface area contributed by atoms with Crippen molar-refractivity contribution in [3.05, 3.63) is 16.7 Å². The number of phenols is 1. The largest absolute Gasteiger partial charge is 0.506 e. The zero-order chi connectivity index (χ0) is 14.3. The van der Waals surface area contributed by atoms with Crippen molar-refractivity contribution in [2.24, 2.45) is 0 Å². The Morgan fingerprint density at radius 1 is 1.25 bits per heavy atom. The minimum Gasteiger partial charge on any atom is -0.506 e. The van der Waals surface area contributed by atoms with E-state index in [2.05, 4.69) is 0 Å². The quantitative estimate of drug-likeness (QED) is 0.878. The van der Waals surface area contributed by atoms with Gasteiger partial charge in [0.2, 0.25) is 0 Å². The van der Waals surface area contributed by atoms with Crippen LogP contribution in [0.2, 0.25) is 5.02 Å². The molecule has 0 radical (unpaired) electrons. The lowest BCUT2D eigenvalue weighted by Gasteiger charge is -2.30. The highest BCUT2D eigenvalue weighted by Crippen LogP contribution is 2.54. The summed E-state index contributed by atoms with van der Waals surface area (Å²) in [6, 6.07) is 1.47. The van der Waals surface area contributed by atoms with Gasteiger partial charge in [0.1, 0.15) is 24.4 Å². The van der Waals surface area contributed by atoms with Crippen LogP contribution in [0.5, 0.6) is 17.2 Å². The average Bonchev–Trinajstić information content (AvgIpc) is 2.90. The molecule has 0 spiro atoms. The molecule has 1 aliphatic heterocycles. The summed E-state index contributed by atoms with van der Waals surface area (Å²) >= 11 is 6.02. The van der Waals surface area contributed by atoms with Gasteiger partial charge in [0.15, 0.2) is 11.5 Å². The number of ether oxygens (including phenoxy) is 2. The van der Waals surface area contributed by atoms with Gasteiger partial charge in [0, 0.05) is 6.07 Å². The number of aromatic hydroxyl groups is 1. The first kappa shape index (κ1) is 13.4. The van der Waals surface area contributed by atoms with E-state index in [1.165, 1.54) is 6.07 Å². The summed E-state index contributed by atoms with van der Waals surface area (Å²) in [7, 11) is 0. The predicted octanol–water partition coefficient (Wildman–Crippen LogP) is 2.71. The molecule has 1 heterocycles. The topological polar surface area (TPSA) is 76.0 Å². The van der Waals surface area contributed by atoms with Crippen LogP contribution in [0.3, 0.4) is 0 Å². The van der Waals surface area contributed by atoms with Crippen LogP contribution < -0.4 is 9.47 Å². The fourth-order valence-corrected chi connectivity index (χ4v) is 3.33. The molecule has 2 N–H and O–H groups in total. The number of halogens is 1. The maximum atomic E-state index is 11.8. The smallest absolute Gasteiger partial charge is 0.314 e. The monoisotopic (exact) mass is 298 g/mol. The molecular formula is C14H15ClO5. The lowest BCUT2D eigenvalue weighted by atomic mass is 9.77. The molecule has 0 unspecified atom stereocenters. The van der Waals surface area contributed by atoms with Gasteiger partial charge in [0.25, 0.3) is 0 Å². The van der Waals surface area contributed by atoms with Gasteiger partial charge in [-0.1, -0.05) is 24.4 Å². The molecule has 0 bridgehead atoms. The standard InChI is InChI=1S/C14H15ClO5/c15-8-7-9-12(20-6-5-19-9)10(11(8)16)14(13(17)18)3-1-2-4-14/h7,16H,1-6H2,(H,17,18). The van der Waals surface area contributed by atoms with Crippen LogP contribution in [0.4, 0.5) is 0 Å². The summed E-state index contributed by atoms with van der Waals surface area (Å²) in [4.78, 5) is 11.8. The van der Waals surface area contributed by atoms with Gasteiger partial charge in [-0.25, -0.2) is 0 Å². The Hall–Kier alpha value is -1.62. The zero-order valence-corrected chi connectivity index (χ0v) is 11.6. The number of rotatable bonds is 2. The Morgan fingerprint density at radius 3 is 2.55 bits per heavy atom. The van der Waals surface area contributed by atoms with Crippen LogP contribution in [0, 0.1) is 0 Å². The number of hydrogen-bond acceptors (Lipinski definition) is 4. The minimum absolute atomic E-state index is 0.0942. The highest BCUT2D eigenvalue weighted by molar-refractivity contribution is 6.32. The van der Waals surface area contributed by atoms with Crippen LogP contribution in [0.1, 0.15) is 31.2 Å². The Morgan fingerprint density at radius 2 is 1.90 bits per heavy atom. The van der Waals surface area contributed by atoms with Gasteiger partial charge in [0.05, 0.1) is 10.6 Å². The number of aliphatic carboxylic acids is 1. The fraction of sp³-hybridized carbons (Fsp3) is 0.500. The highest BCUT2D eigenvalue weighted by atomic mass is 35.5. The molecule has 5 nitrogen and oxygen atoms in total. The molecule has 1 aliphatic carbocycles. The first-order chi connectivity index (χ1) is 9.56. The van der Waals surface area contributed by atoms with Gasteiger partial charge in [-0.15, -0.1) is 0 Å². The number of carbonyl (C=O) groups is 1. The summed E-state index contributed by atoms with van der Waals surface area (Å²) in [5, 5.41) is 20.1. The third-order valence-corrected chi connectivity index (χ3v) is 4.39.